The molecule has 67 heavy (non-hydrogen) atoms. The van der Waals surface area contributed by atoms with Crippen molar-refractivity contribution in [3.05, 3.63) is 64.9 Å². The molecule has 5 aliphatic heterocycles. The molecule has 360 valence electrons. The second kappa shape index (κ2) is 16.1. The van der Waals surface area contributed by atoms with Crippen LogP contribution in [0.25, 0.3) is 10.9 Å². The summed E-state index contributed by atoms with van der Waals surface area (Å²) in [5.74, 6) is -6.09. The maximum Gasteiger partial charge on any atom is 0.344 e. The molecule has 14 nitrogen and oxygen atoms in total. The summed E-state index contributed by atoms with van der Waals surface area (Å²) in [5, 5.41) is 21.5. The van der Waals surface area contributed by atoms with Crippen LogP contribution in [-0.4, -0.2) is 140 Å². The van der Waals surface area contributed by atoms with E-state index in [9.17, 15) is 14.7 Å². The maximum absolute atomic E-state index is 15.6. The molecule has 1 aromatic heterocycles. The van der Waals surface area contributed by atoms with Gasteiger partial charge in [0.2, 0.25) is 11.5 Å². The summed E-state index contributed by atoms with van der Waals surface area (Å²) in [5.41, 5.74) is -1.15. The summed E-state index contributed by atoms with van der Waals surface area (Å²) >= 11 is 5.68. The van der Waals surface area contributed by atoms with E-state index in [2.05, 4.69) is 25.4 Å². The predicted octanol–water partition coefficient (Wildman–Crippen LogP) is 5.57. The number of rotatable bonds is 9. The molecule has 2 saturated carbocycles. The van der Waals surface area contributed by atoms with Crippen LogP contribution < -0.4 is 20.3 Å². The highest BCUT2D eigenvalue weighted by Crippen LogP contribution is 2.68. The first-order valence-corrected chi connectivity index (χ1v) is 24.1. The lowest BCUT2D eigenvalue weighted by Crippen LogP contribution is -2.81. The number of nitrogens with zero attached hydrogens (tertiary/aromatic N) is 3. The van der Waals surface area contributed by atoms with Gasteiger partial charge in [-0.2, -0.15) is 0 Å². The number of aliphatic hydroxyl groups is 1. The van der Waals surface area contributed by atoms with E-state index in [1.54, 1.807) is 0 Å². The molecule has 3 aromatic rings. The van der Waals surface area contributed by atoms with Crippen molar-refractivity contribution in [3.8, 4) is 5.75 Å². The number of carbonyl (C=O) groups is 3. The van der Waals surface area contributed by atoms with Crippen molar-refractivity contribution in [2.75, 3.05) is 71.3 Å². The van der Waals surface area contributed by atoms with Gasteiger partial charge >= 0.3 is 17.9 Å². The monoisotopic (exact) mass is 944 g/mol. The van der Waals surface area contributed by atoms with Gasteiger partial charge in [-0.25, -0.2) is 13.6 Å². The minimum Gasteiger partial charge on any atom is -0.496 e. The van der Waals surface area contributed by atoms with Crippen LogP contribution in [0.1, 0.15) is 81.7 Å². The Balaban J connectivity index is 1.24. The topological polar surface area (TPSA) is 158 Å². The van der Waals surface area contributed by atoms with Crippen molar-refractivity contribution in [1.29, 1.82) is 0 Å². The van der Waals surface area contributed by atoms with Crippen molar-refractivity contribution < 1.29 is 47.2 Å². The molecular formula is C50H62F2N6O8S. The van der Waals surface area contributed by atoms with Crippen LogP contribution in [0.4, 0.5) is 20.2 Å². The minimum absolute atomic E-state index is 0.113. The van der Waals surface area contributed by atoms with Gasteiger partial charge < -0.3 is 49.5 Å². The highest BCUT2D eigenvalue weighted by molar-refractivity contribution is 7.80. The number of anilines is 2. The third-order valence-electron chi connectivity index (χ3n) is 16.8. The number of alkyl halides is 2. The number of benzene rings is 2. The molecule has 2 aliphatic carbocycles. The van der Waals surface area contributed by atoms with Gasteiger partial charge in [-0.1, -0.05) is 19.1 Å². The number of piperidine rings is 1. The Kier molecular flexibility index (Phi) is 11.1. The molecule has 6 unspecified atom stereocenters. The summed E-state index contributed by atoms with van der Waals surface area (Å²) in [6, 6.07) is 8.78. The molecule has 7 aliphatic rings. The van der Waals surface area contributed by atoms with Crippen LogP contribution in [-0.2, 0) is 45.8 Å². The van der Waals surface area contributed by atoms with Gasteiger partial charge in [-0.05, 0) is 112 Å². The number of hydrogen-bond donors (Lipinski definition) is 4. The molecule has 0 radical (unpaired) electrons. The first-order chi connectivity index (χ1) is 31.9. The van der Waals surface area contributed by atoms with Crippen LogP contribution in [0.15, 0.2) is 42.5 Å². The van der Waals surface area contributed by atoms with Crippen LogP contribution in [0.5, 0.6) is 5.75 Å². The molecule has 10 rings (SSSR count). The summed E-state index contributed by atoms with van der Waals surface area (Å²) in [4.78, 5) is 53.2. The number of halogens is 2. The smallest absolute Gasteiger partial charge is 0.344 e. The predicted molar refractivity (Wildman–Crippen MR) is 252 cm³/mol. The van der Waals surface area contributed by atoms with Crippen molar-refractivity contribution in [2.45, 2.75) is 112 Å². The molecule has 4 N–H and O–H groups in total. The van der Waals surface area contributed by atoms with Crippen molar-refractivity contribution >= 4 is 57.5 Å². The fourth-order valence-corrected chi connectivity index (χ4v) is 14.4. The molecule has 6 heterocycles. The molecule has 1 spiro atoms. The summed E-state index contributed by atoms with van der Waals surface area (Å²) < 4.78 is 55.1. The van der Waals surface area contributed by atoms with E-state index in [4.69, 9.17) is 31.2 Å². The van der Waals surface area contributed by atoms with Gasteiger partial charge in [0.1, 0.15) is 11.2 Å². The van der Waals surface area contributed by atoms with E-state index in [0.29, 0.717) is 79.3 Å². The lowest BCUT2D eigenvalue weighted by Gasteiger charge is -2.63. The quantitative estimate of drug-likeness (QED) is 0.0914. The van der Waals surface area contributed by atoms with Crippen LogP contribution in [0.3, 0.4) is 0 Å². The zero-order chi connectivity index (χ0) is 47.6. The number of esters is 3. The Bertz CT molecular complexity index is 2580. The number of likely N-dealkylation sites (N-methyl/N-ethyl adjacent to an activating group) is 1. The second-order valence-corrected chi connectivity index (χ2v) is 20.8. The number of nitrogens with one attached hydrogen (secondary N) is 3. The SMILES string of the molecule is CC[C@@]12C=CCN3CCC4(c5cc([C@@]6(C(=O)OC)CC7CC(C(C)(F)F)CN(CCc8c6[nH]c6ccc(NC(=S)NC9CC9)cc86)C7)c(OC)cc5N(C)C4[C@](O)(C(=O)OC)[C@H]1OC(C)=O)C32. The van der Waals surface area contributed by atoms with Crippen molar-refractivity contribution in [1.82, 2.24) is 20.1 Å². The van der Waals surface area contributed by atoms with Gasteiger partial charge in [0.15, 0.2) is 11.2 Å². The van der Waals surface area contributed by atoms with E-state index in [1.807, 2.05) is 61.4 Å². The van der Waals surface area contributed by atoms with E-state index < -0.39 is 63.7 Å². The molecule has 0 amide bonds. The van der Waals surface area contributed by atoms with Gasteiger partial charge in [0.25, 0.3) is 0 Å². The lowest BCUT2D eigenvalue weighted by atomic mass is 9.47. The van der Waals surface area contributed by atoms with E-state index in [1.165, 1.54) is 28.3 Å². The first kappa shape index (κ1) is 45.9. The highest BCUT2D eigenvalue weighted by atomic mass is 32.1. The Morgan fingerprint density at radius 2 is 1.79 bits per heavy atom. The Morgan fingerprint density at radius 3 is 2.46 bits per heavy atom. The number of aromatic nitrogens is 1. The van der Waals surface area contributed by atoms with Crippen LogP contribution in [0, 0.1) is 17.3 Å². The van der Waals surface area contributed by atoms with Crippen LogP contribution in [0.2, 0.25) is 0 Å². The van der Waals surface area contributed by atoms with Crippen molar-refractivity contribution in [2.24, 2.45) is 17.3 Å². The average Bonchev–Trinajstić information content (AvgIpc) is 3.82. The minimum atomic E-state index is -2.96. The van der Waals surface area contributed by atoms with Gasteiger partial charge in [0.05, 0.1) is 27.4 Å². The number of fused-ring (bicyclic) bond motifs is 6. The fourth-order valence-electron chi connectivity index (χ4n) is 14.1. The van der Waals surface area contributed by atoms with Crippen LogP contribution >= 0.6 is 12.2 Å². The van der Waals surface area contributed by atoms with Crippen molar-refractivity contribution in [3.63, 3.8) is 0 Å². The zero-order valence-corrected chi connectivity index (χ0v) is 40.1. The Morgan fingerprint density at radius 1 is 1.03 bits per heavy atom. The highest BCUT2D eigenvalue weighted by Gasteiger charge is 2.80. The average molecular weight is 945 g/mol. The number of ether oxygens (including phenoxy) is 4. The molecule has 2 aromatic carbocycles. The Hall–Kier alpha value is -4.84. The third kappa shape index (κ3) is 6.67. The number of H-pyrrole nitrogens is 1. The lowest BCUT2D eigenvalue weighted by molar-refractivity contribution is -0.228. The molecular weight excluding hydrogens is 883 g/mol. The first-order valence-electron chi connectivity index (χ1n) is 23.7. The summed E-state index contributed by atoms with van der Waals surface area (Å²) in [7, 11) is 5.94. The number of carbonyl (C=O) groups excluding carboxylic acids is 3. The zero-order valence-electron chi connectivity index (χ0n) is 39.3. The molecule has 10 atom stereocenters. The maximum atomic E-state index is 15.6. The number of hydrogen-bond acceptors (Lipinski definition) is 12. The fraction of sp³-hybridized carbons (Fsp3) is 0.600. The summed E-state index contributed by atoms with van der Waals surface area (Å²) in [6.45, 7) is 6.64. The normalized spacial score (nSPS) is 34.1. The third-order valence-corrected chi connectivity index (χ3v) is 17.1. The molecule has 2 bridgehead atoms. The Labute approximate surface area is 395 Å². The second-order valence-electron chi connectivity index (χ2n) is 20.4. The summed E-state index contributed by atoms with van der Waals surface area (Å²) in [6.07, 6.45) is 6.47. The van der Waals surface area contributed by atoms with Gasteiger partial charge in [0, 0.05) is 109 Å². The molecule has 17 heteroatoms. The molecule has 2 saturated heterocycles. The number of methoxy groups -OCH3 is 3. The van der Waals surface area contributed by atoms with Gasteiger partial charge in [-0.15, -0.1) is 0 Å². The van der Waals surface area contributed by atoms with E-state index in [0.717, 1.165) is 47.5 Å². The van der Waals surface area contributed by atoms with Gasteiger partial charge in [-0.3, -0.25) is 14.5 Å². The number of aromatic amines is 1. The number of thiocarbonyl (C=S) groups is 1. The standard InChI is InChI=1S/C50H62F2N6O8S/c1-8-47-15-9-17-58-19-16-48(40(47)58)34-22-35(38(63-5)23-37(34)56(4)41(48)50(62,44(61)65-7)42(47)66-27(2)59)49(43(60)64-6)24-28-20-29(46(3,51)52)26-57(25-28)18-14-32-33-21-31(12-13-36(33)55-39(32)49)54-45(67)53-30-10-11-30/h9,12-13,15,21-23,28-30,40-42,55,62H,8,10-11,14,16-20,24-26H2,1-7H3,(H2,53,54,67)/t28?,29?,40?,41?,42-,47-,48?,49-,50+/m0/s1. The largest absolute Gasteiger partial charge is 0.496 e. The van der Waals surface area contributed by atoms with E-state index >= 15 is 13.6 Å². The van der Waals surface area contributed by atoms with E-state index in [-0.39, 0.29) is 31.3 Å². The molecule has 4 fully saturated rings.